The molecule has 0 aromatic heterocycles. The number of sulfonamides is 1. The van der Waals surface area contributed by atoms with E-state index in [9.17, 15) is 18.5 Å². The molecule has 1 aliphatic heterocycles. The van der Waals surface area contributed by atoms with Gasteiger partial charge in [0.05, 0.1) is 18.1 Å². The smallest absolute Gasteiger partial charge is 0.293 e. The summed E-state index contributed by atoms with van der Waals surface area (Å²) in [7, 11) is -2.64. The average Bonchev–Trinajstić information content (AvgIpc) is 2.54. The molecule has 1 saturated heterocycles. The van der Waals surface area contributed by atoms with Crippen molar-refractivity contribution in [1.29, 1.82) is 0 Å². The average molecular weight is 343 g/mol. The molecule has 2 unspecified atom stereocenters. The molecule has 23 heavy (non-hydrogen) atoms. The minimum atomic E-state index is -4.00. The van der Waals surface area contributed by atoms with Gasteiger partial charge in [-0.3, -0.25) is 10.1 Å². The van der Waals surface area contributed by atoms with Gasteiger partial charge >= 0.3 is 0 Å². The SMILES string of the molecule is COc1ccc(S(=O)(=O)N2CCCCC2C(C)N)c([N+](=O)[O-])c1. The molecule has 0 amide bonds. The summed E-state index contributed by atoms with van der Waals surface area (Å²) >= 11 is 0. The lowest BCUT2D eigenvalue weighted by Gasteiger charge is -2.36. The highest BCUT2D eigenvalue weighted by Crippen LogP contribution is 2.33. The molecule has 2 rings (SSSR count). The highest BCUT2D eigenvalue weighted by Gasteiger charge is 2.38. The Morgan fingerprint density at radius 2 is 2.13 bits per heavy atom. The van der Waals surface area contributed by atoms with E-state index < -0.39 is 20.6 Å². The Labute approximate surface area is 135 Å². The highest BCUT2D eigenvalue weighted by atomic mass is 32.2. The van der Waals surface area contributed by atoms with Crippen LogP contribution in [0.25, 0.3) is 0 Å². The molecule has 2 N–H and O–H groups in total. The van der Waals surface area contributed by atoms with Crippen molar-refractivity contribution < 1.29 is 18.1 Å². The molecule has 0 spiro atoms. The normalized spacial score (nSPS) is 20.9. The molecule has 1 heterocycles. The lowest BCUT2D eigenvalue weighted by atomic mass is 10.00. The number of nitrogens with zero attached hydrogens (tertiary/aromatic N) is 2. The van der Waals surface area contributed by atoms with Gasteiger partial charge in [-0.25, -0.2) is 8.42 Å². The van der Waals surface area contributed by atoms with Crippen LogP contribution in [0.3, 0.4) is 0 Å². The molecule has 0 saturated carbocycles. The van der Waals surface area contributed by atoms with Crippen LogP contribution < -0.4 is 10.5 Å². The number of nitrogens with two attached hydrogens (primary N) is 1. The molecule has 0 radical (unpaired) electrons. The van der Waals surface area contributed by atoms with E-state index in [2.05, 4.69) is 0 Å². The van der Waals surface area contributed by atoms with E-state index in [1.807, 2.05) is 0 Å². The standard InChI is InChI=1S/C14H21N3O5S/c1-10(15)12-5-3-4-8-16(12)23(20,21)14-7-6-11(22-2)9-13(14)17(18)19/h6-7,9-10,12H,3-5,8,15H2,1-2H3. The summed E-state index contributed by atoms with van der Waals surface area (Å²) in [5.41, 5.74) is 5.43. The summed E-state index contributed by atoms with van der Waals surface area (Å²) in [5.74, 6) is 0.234. The molecule has 1 fully saturated rings. The number of benzene rings is 1. The number of hydrogen-bond acceptors (Lipinski definition) is 6. The number of rotatable bonds is 5. The van der Waals surface area contributed by atoms with Crippen LogP contribution in [-0.4, -0.2) is 43.4 Å². The lowest BCUT2D eigenvalue weighted by Crippen LogP contribution is -2.51. The molecule has 9 heteroatoms. The molecule has 1 aromatic rings. The Bertz CT molecular complexity index is 690. The summed E-state index contributed by atoms with van der Waals surface area (Å²) in [5, 5.41) is 11.3. The van der Waals surface area contributed by atoms with E-state index in [0.29, 0.717) is 19.4 Å². The van der Waals surface area contributed by atoms with Crippen LogP contribution in [0.5, 0.6) is 5.75 Å². The predicted molar refractivity (Wildman–Crippen MR) is 84.8 cm³/mol. The second-order valence-electron chi connectivity index (χ2n) is 5.63. The molecule has 2 atom stereocenters. The minimum Gasteiger partial charge on any atom is -0.497 e. The summed E-state index contributed by atoms with van der Waals surface area (Å²) in [6.45, 7) is 2.07. The maximum absolute atomic E-state index is 13.0. The Balaban J connectivity index is 2.52. The zero-order chi connectivity index (χ0) is 17.2. The molecule has 0 aliphatic carbocycles. The largest absolute Gasteiger partial charge is 0.497 e. The van der Waals surface area contributed by atoms with E-state index in [0.717, 1.165) is 12.5 Å². The third kappa shape index (κ3) is 3.46. The Kier molecular flexibility index (Phi) is 5.23. The fraction of sp³-hybridized carbons (Fsp3) is 0.571. The zero-order valence-corrected chi connectivity index (χ0v) is 14.0. The number of nitro benzene ring substituents is 1. The summed E-state index contributed by atoms with van der Waals surface area (Å²) in [6, 6.07) is 3.06. The van der Waals surface area contributed by atoms with Crippen LogP contribution in [0.4, 0.5) is 5.69 Å². The summed E-state index contributed by atoms with van der Waals surface area (Å²) < 4.78 is 32.2. The number of hydrogen-bond donors (Lipinski definition) is 1. The van der Waals surface area contributed by atoms with E-state index in [1.54, 1.807) is 6.92 Å². The molecule has 8 nitrogen and oxygen atoms in total. The molecule has 1 aromatic carbocycles. The van der Waals surface area contributed by atoms with Gasteiger partial charge in [-0.15, -0.1) is 0 Å². The zero-order valence-electron chi connectivity index (χ0n) is 13.1. The van der Waals surface area contributed by atoms with Gasteiger partial charge in [0.15, 0.2) is 4.90 Å². The first kappa shape index (κ1) is 17.6. The second-order valence-corrected chi connectivity index (χ2v) is 7.49. The predicted octanol–water partition coefficient (Wildman–Crippen LogP) is 1.49. The molecule has 1 aliphatic rings. The fourth-order valence-electron chi connectivity index (χ4n) is 2.87. The Morgan fingerprint density at radius 3 is 2.70 bits per heavy atom. The quantitative estimate of drug-likeness (QED) is 0.639. The molecular weight excluding hydrogens is 322 g/mol. The van der Waals surface area contributed by atoms with Crippen molar-refractivity contribution in [1.82, 2.24) is 4.31 Å². The van der Waals surface area contributed by atoms with Crippen LogP contribution >= 0.6 is 0 Å². The Hall–Kier alpha value is -1.71. The number of methoxy groups -OCH3 is 1. The van der Waals surface area contributed by atoms with Crippen LogP contribution in [-0.2, 0) is 10.0 Å². The van der Waals surface area contributed by atoms with Gasteiger partial charge < -0.3 is 10.5 Å². The van der Waals surface area contributed by atoms with Crippen molar-refractivity contribution in [2.75, 3.05) is 13.7 Å². The maximum Gasteiger partial charge on any atom is 0.293 e. The van der Waals surface area contributed by atoms with E-state index in [4.69, 9.17) is 10.5 Å². The van der Waals surface area contributed by atoms with Gasteiger partial charge in [0.2, 0.25) is 10.0 Å². The van der Waals surface area contributed by atoms with Crippen LogP contribution in [0.1, 0.15) is 26.2 Å². The first-order valence-electron chi connectivity index (χ1n) is 7.39. The topological polar surface area (TPSA) is 116 Å². The van der Waals surface area contributed by atoms with Crippen molar-refractivity contribution in [3.05, 3.63) is 28.3 Å². The van der Waals surface area contributed by atoms with Gasteiger partial charge in [-0.1, -0.05) is 6.42 Å². The first-order valence-corrected chi connectivity index (χ1v) is 8.83. The summed E-state index contributed by atoms with van der Waals surface area (Å²) in [6.07, 6.45) is 2.26. The summed E-state index contributed by atoms with van der Waals surface area (Å²) in [4.78, 5) is 10.2. The number of nitro groups is 1. The van der Waals surface area contributed by atoms with Crippen molar-refractivity contribution in [2.24, 2.45) is 5.73 Å². The fourth-order valence-corrected chi connectivity index (χ4v) is 4.78. The Morgan fingerprint density at radius 1 is 1.43 bits per heavy atom. The maximum atomic E-state index is 13.0. The first-order chi connectivity index (χ1) is 10.8. The van der Waals surface area contributed by atoms with Gasteiger partial charge in [-0.2, -0.15) is 4.31 Å². The van der Waals surface area contributed by atoms with E-state index in [1.165, 1.54) is 23.5 Å². The molecule has 0 bridgehead atoms. The minimum absolute atomic E-state index is 0.234. The van der Waals surface area contributed by atoms with Crippen LogP contribution in [0, 0.1) is 10.1 Å². The van der Waals surface area contributed by atoms with Crippen molar-refractivity contribution in [2.45, 2.75) is 43.2 Å². The number of piperidine rings is 1. The number of ether oxygens (including phenoxy) is 1. The van der Waals surface area contributed by atoms with Gasteiger partial charge in [0, 0.05) is 18.6 Å². The monoisotopic (exact) mass is 343 g/mol. The van der Waals surface area contributed by atoms with E-state index in [-0.39, 0.29) is 22.7 Å². The molecule has 128 valence electrons. The highest BCUT2D eigenvalue weighted by molar-refractivity contribution is 7.89. The lowest BCUT2D eigenvalue weighted by molar-refractivity contribution is -0.387. The van der Waals surface area contributed by atoms with Crippen molar-refractivity contribution in [3.8, 4) is 5.75 Å². The van der Waals surface area contributed by atoms with Crippen molar-refractivity contribution >= 4 is 15.7 Å². The second kappa shape index (κ2) is 6.81. The van der Waals surface area contributed by atoms with E-state index >= 15 is 0 Å². The van der Waals surface area contributed by atoms with Gasteiger partial charge in [0.1, 0.15) is 5.75 Å². The van der Waals surface area contributed by atoms with Gasteiger partial charge in [0.25, 0.3) is 5.69 Å². The van der Waals surface area contributed by atoms with Crippen LogP contribution in [0.2, 0.25) is 0 Å². The van der Waals surface area contributed by atoms with Gasteiger partial charge in [-0.05, 0) is 31.9 Å². The van der Waals surface area contributed by atoms with Crippen molar-refractivity contribution in [3.63, 3.8) is 0 Å². The van der Waals surface area contributed by atoms with Crippen LogP contribution in [0.15, 0.2) is 23.1 Å². The third-order valence-corrected chi connectivity index (χ3v) is 6.03. The third-order valence-electron chi connectivity index (χ3n) is 4.05. The molecular formula is C14H21N3O5S.